The van der Waals surface area contributed by atoms with E-state index in [1.165, 1.54) is 6.07 Å². The first-order valence-corrected chi connectivity index (χ1v) is 6.43. The summed E-state index contributed by atoms with van der Waals surface area (Å²) >= 11 is 1.15. The molecule has 0 unspecified atom stereocenters. The fraction of sp³-hybridized carbons (Fsp3) is 0.417. The molecule has 1 rings (SSSR count). The van der Waals surface area contributed by atoms with Gasteiger partial charge in [0.15, 0.2) is 0 Å². The molecular formula is C12H16FNO2S. The lowest BCUT2D eigenvalue weighted by molar-refractivity contribution is -0.119. The second-order valence-electron chi connectivity index (χ2n) is 3.57. The molecule has 5 heteroatoms. The molecule has 94 valence electrons. The van der Waals surface area contributed by atoms with Crippen molar-refractivity contribution >= 4 is 17.7 Å². The molecule has 1 aromatic rings. The number of hydrogen-bond acceptors (Lipinski definition) is 3. The Morgan fingerprint density at radius 2 is 2.24 bits per heavy atom. The average Bonchev–Trinajstić information content (AvgIpc) is 2.35. The van der Waals surface area contributed by atoms with Crippen LogP contribution in [0.4, 0.5) is 4.39 Å². The van der Waals surface area contributed by atoms with Crippen LogP contribution in [0.1, 0.15) is 13.3 Å². The van der Waals surface area contributed by atoms with E-state index < -0.39 is 0 Å². The minimum atomic E-state index is -0.320. The van der Waals surface area contributed by atoms with Crippen molar-refractivity contribution < 1.29 is 14.3 Å². The molecule has 0 aliphatic rings. The van der Waals surface area contributed by atoms with Crippen molar-refractivity contribution in [3.63, 3.8) is 0 Å². The van der Waals surface area contributed by atoms with Crippen LogP contribution in [0.2, 0.25) is 0 Å². The summed E-state index contributed by atoms with van der Waals surface area (Å²) in [6.07, 6.45) is 0.673. The van der Waals surface area contributed by atoms with Gasteiger partial charge in [0.05, 0.1) is 18.4 Å². The molecule has 2 N–H and O–H groups in total. The number of rotatable bonds is 6. The second kappa shape index (κ2) is 7.29. The summed E-state index contributed by atoms with van der Waals surface area (Å²) in [6, 6.07) is 6.12. The van der Waals surface area contributed by atoms with Gasteiger partial charge in [-0.05, 0) is 18.6 Å². The van der Waals surface area contributed by atoms with Crippen LogP contribution in [0.15, 0.2) is 29.2 Å². The van der Waals surface area contributed by atoms with Gasteiger partial charge in [-0.2, -0.15) is 0 Å². The highest BCUT2D eigenvalue weighted by atomic mass is 32.2. The minimum Gasteiger partial charge on any atom is -0.394 e. The molecule has 0 saturated heterocycles. The Morgan fingerprint density at radius 1 is 1.53 bits per heavy atom. The Morgan fingerprint density at radius 3 is 2.82 bits per heavy atom. The standard InChI is InChI=1S/C12H16FNO2S/c1-2-9(7-15)14-12(16)8-17-11-6-4-3-5-10(11)13/h3-6,9,15H,2,7-8H2,1H3,(H,14,16)/t9-/m0/s1. The summed E-state index contributed by atoms with van der Waals surface area (Å²) in [5.74, 6) is -0.365. The zero-order valence-corrected chi connectivity index (χ0v) is 10.5. The topological polar surface area (TPSA) is 49.3 Å². The summed E-state index contributed by atoms with van der Waals surface area (Å²) in [5.41, 5.74) is 0. The van der Waals surface area contributed by atoms with Crippen LogP contribution >= 0.6 is 11.8 Å². The Bertz CT molecular complexity index is 369. The fourth-order valence-electron chi connectivity index (χ4n) is 1.25. The quantitative estimate of drug-likeness (QED) is 0.764. The number of aliphatic hydroxyl groups is 1. The summed E-state index contributed by atoms with van der Waals surface area (Å²) in [5, 5.41) is 11.6. The van der Waals surface area contributed by atoms with Crippen molar-refractivity contribution in [2.45, 2.75) is 24.3 Å². The van der Waals surface area contributed by atoms with Crippen LogP contribution in [0, 0.1) is 5.82 Å². The minimum absolute atomic E-state index is 0.0768. The van der Waals surface area contributed by atoms with Crippen LogP contribution in [0.5, 0.6) is 0 Å². The lowest BCUT2D eigenvalue weighted by Gasteiger charge is -2.13. The first-order chi connectivity index (χ1) is 8.17. The second-order valence-corrected chi connectivity index (χ2v) is 4.59. The molecule has 1 atom stereocenters. The number of hydrogen-bond donors (Lipinski definition) is 2. The van der Waals surface area contributed by atoms with E-state index in [2.05, 4.69) is 5.32 Å². The molecule has 1 aromatic carbocycles. The average molecular weight is 257 g/mol. The van der Waals surface area contributed by atoms with Gasteiger partial charge in [0.2, 0.25) is 5.91 Å². The molecular weight excluding hydrogens is 241 g/mol. The Balaban J connectivity index is 2.41. The molecule has 0 spiro atoms. The van der Waals surface area contributed by atoms with Crippen molar-refractivity contribution in [3.05, 3.63) is 30.1 Å². The fourth-order valence-corrected chi connectivity index (χ4v) is 2.00. The number of carbonyl (C=O) groups is 1. The van der Waals surface area contributed by atoms with E-state index in [4.69, 9.17) is 5.11 Å². The van der Waals surface area contributed by atoms with Gasteiger partial charge in [-0.1, -0.05) is 19.1 Å². The zero-order valence-electron chi connectivity index (χ0n) is 9.65. The van der Waals surface area contributed by atoms with Gasteiger partial charge >= 0.3 is 0 Å². The molecule has 17 heavy (non-hydrogen) atoms. The normalized spacial score (nSPS) is 12.2. The zero-order chi connectivity index (χ0) is 12.7. The van der Waals surface area contributed by atoms with Gasteiger partial charge < -0.3 is 10.4 Å². The first kappa shape index (κ1) is 14.0. The van der Waals surface area contributed by atoms with E-state index in [9.17, 15) is 9.18 Å². The Hall–Kier alpha value is -1.07. The van der Waals surface area contributed by atoms with Crippen LogP contribution in [-0.4, -0.2) is 29.4 Å². The lowest BCUT2D eigenvalue weighted by atomic mass is 10.2. The molecule has 0 bridgehead atoms. The predicted molar refractivity (Wildman–Crippen MR) is 66.4 cm³/mol. The summed E-state index contributed by atoms with van der Waals surface area (Å²) in [7, 11) is 0. The van der Waals surface area contributed by atoms with Crippen molar-refractivity contribution in [1.29, 1.82) is 0 Å². The van der Waals surface area contributed by atoms with Gasteiger partial charge in [-0.25, -0.2) is 4.39 Å². The van der Waals surface area contributed by atoms with Gasteiger partial charge in [-0.3, -0.25) is 4.79 Å². The molecule has 1 amide bonds. The largest absolute Gasteiger partial charge is 0.394 e. The van der Waals surface area contributed by atoms with E-state index >= 15 is 0 Å². The van der Waals surface area contributed by atoms with Crippen molar-refractivity contribution in [2.24, 2.45) is 0 Å². The maximum Gasteiger partial charge on any atom is 0.230 e. The van der Waals surface area contributed by atoms with E-state index in [0.29, 0.717) is 11.3 Å². The van der Waals surface area contributed by atoms with Gasteiger partial charge in [0, 0.05) is 4.90 Å². The summed E-state index contributed by atoms with van der Waals surface area (Å²) in [4.78, 5) is 11.9. The predicted octanol–water partition coefficient (Wildman–Crippen LogP) is 1.80. The first-order valence-electron chi connectivity index (χ1n) is 5.45. The third kappa shape index (κ3) is 4.75. The van der Waals surface area contributed by atoms with Crippen LogP contribution < -0.4 is 5.32 Å². The number of benzene rings is 1. The number of thioether (sulfide) groups is 1. The number of aliphatic hydroxyl groups excluding tert-OH is 1. The maximum atomic E-state index is 13.2. The van der Waals surface area contributed by atoms with E-state index in [0.717, 1.165) is 11.8 Å². The number of halogens is 1. The molecule has 3 nitrogen and oxygen atoms in total. The van der Waals surface area contributed by atoms with E-state index in [-0.39, 0.29) is 30.1 Å². The highest BCUT2D eigenvalue weighted by Crippen LogP contribution is 2.20. The number of carbonyl (C=O) groups excluding carboxylic acids is 1. The van der Waals surface area contributed by atoms with Crippen molar-refractivity contribution in [1.82, 2.24) is 5.32 Å². The maximum absolute atomic E-state index is 13.2. The molecule has 0 aliphatic carbocycles. The molecule has 0 aliphatic heterocycles. The summed E-state index contributed by atoms with van der Waals surface area (Å²) < 4.78 is 13.2. The Kier molecular flexibility index (Phi) is 6.00. The highest BCUT2D eigenvalue weighted by molar-refractivity contribution is 8.00. The van der Waals surface area contributed by atoms with Gasteiger partial charge in [0.1, 0.15) is 5.82 Å². The van der Waals surface area contributed by atoms with Crippen molar-refractivity contribution in [3.8, 4) is 0 Å². The monoisotopic (exact) mass is 257 g/mol. The van der Waals surface area contributed by atoms with Crippen molar-refractivity contribution in [2.75, 3.05) is 12.4 Å². The molecule has 0 fully saturated rings. The third-order valence-corrected chi connectivity index (χ3v) is 3.32. The lowest BCUT2D eigenvalue weighted by Crippen LogP contribution is -2.37. The summed E-state index contributed by atoms with van der Waals surface area (Å²) in [6.45, 7) is 1.80. The number of nitrogens with one attached hydrogen (secondary N) is 1. The molecule has 0 saturated carbocycles. The molecule has 0 aromatic heterocycles. The molecule has 0 heterocycles. The van der Waals surface area contributed by atoms with Gasteiger partial charge in [0.25, 0.3) is 0 Å². The van der Waals surface area contributed by atoms with E-state index in [1.807, 2.05) is 6.92 Å². The molecule has 0 radical (unpaired) electrons. The highest BCUT2D eigenvalue weighted by Gasteiger charge is 2.10. The smallest absolute Gasteiger partial charge is 0.230 e. The van der Waals surface area contributed by atoms with Crippen LogP contribution in [-0.2, 0) is 4.79 Å². The third-order valence-electron chi connectivity index (χ3n) is 2.27. The van der Waals surface area contributed by atoms with Crippen LogP contribution in [0.25, 0.3) is 0 Å². The Labute approximate surface area is 104 Å². The number of amides is 1. The SMILES string of the molecule is CC[C@@H](CO)NC(=O)CSc1ccccc1F. The van der Waals surface area contributed by atoms with Crippen LogP contribution in [0.3, 0.4) is 0 Å². The van der Waals surface area contributed by atoms with E-state index in [1.54, 1.807) is 18.2 Å². The van der Waals surface area contributed by atoms with Gasteiger partial charge in [-0.15, -0.1) is 11.8 Å².